The molecule has 1 aliphatic heterocycles. The summed E-state index contributed by atoms with van der Waals surface area (Å²) in [5, 5.41) is 19.9. The fourth-order valence-corrected chi connectivity index (χ4v) is 3.74. The van der Waals surface area contributed by atoms with Gasteiger partial charge in [0, 0.05) is 30.9 Å². The fraction of sp³-hybridized carbons (Fsp3) is 0.360. The van der Waals surface area contributed by atoms with Crippen molar-refractivity contribution in [3.8, 4) is 0 Å². The molecule has 0 aliphatic carbocycles. The first kappa shape index (κ1) is 21.9. The van der Waals surface area contributed by atoms with E-state index in [1.807, 2.05) is 19.3 Å². The average molecular weight is 433 g/mol. The zero-order valence-electron chi connectivity index (χ0n) is 19.0. The third-order valence-corrected chi connectivity index (χ3v) is 5.71. The van der Waals surface area contributed by atoms with Gasteiger partial charge in [-0.3, -0.25) is 0 Å². The topological polar surface area (TPSA) is 87.0 Å². The number of rotatable bonds is 9. The minimum Gasteiger partial charge on any atom is -0.394 e. The van der Waals surface area contributed by atoms with E-state index < -0.39 is 0 Å². The molecule has 7 heteroatoms. The predicted octanol–water partition coefficient (Wildman–Crippen LogP) is 4.31. The van der Waals surface area contributed by atoms with Gasteiger partial charge in [-0.1, -0.05) is 43.3 Å². The van der Waals surface area contributed by atoms with Crippen LogP contribution in [0.25, 0.3) is 16.9 Å². The van der Waals surface area contributed by atoms with E-state index in [2.05, 4.69) is 81.8 Å². The number of dihydropyridines is 1. The van der Waals surface area contributed by atoms with Crippen molar-refractivity contribution in [3.63, 3.8) is 0 Å². The Hall–Kier alpha value is -3.32. The molecule has 4 rings (SSSR count). The molecule has 4 N–H and O–H groups in total. The molecule has 0 spiro atoms. The molecule has 3 heterocycles. The molecule has 168 valence electrons. The van der Waals surface area contributed by atoms with E-state index in [1.165, 1.54) is 11.1 Å². The highest BCUT2D eigenvalue weighted by molar-refractivity contribution is 5.88. The van der Waals surface area contributed by atoms with Gasteiger partial charge in [0.1, 0.15) is 11.3 Å². The number of allylic oxidation sites excluding steroid dienone is 2. The van der Waals surface area contributed by atoms with Gasteiger partial charge >= 0.3 is 0 Å². The molecule has 2 aromatic heterocycles. The number of imidazole rings is 1. The number of hydrogen-bond acceptors (Lipinski definition) is 6. The highest BCUT2D eigenvalue weighted by atomic mass is 16.3. The number of nitrogens with zero attached hydrogens (tertiary/aromatic N) is 3. The highest BCUT2D eigenvalue weighted by Crippen LogP contribution is 2.27. The van der Waals surface area contributed by atoms with Crippen molar-refractivity contribution in [2.24, 2.45) is 0 Å². The summed E-state index contributed by atoms with van der Waals surface area (Å²) >= 11 is 0. The Bertz CT molecular complexity index is 1110. The second kappa shape index (κ2) is 9.87. The van der Waals surface area contributed by atoms with Crippen molar-refractivity contribution >= 4 is 28.4 Å². The normalized spacial score (nSPS) is 14.3. The minimum absolute atomic E-state index is 0.0340. The molecule has 1 aliphatic rings. The fourth-order valence-electron chi connectivity index (χ4n) is 3.74. The quantitative estimate of drug-likeness (QED) is 0.403. The molecule has 1 aromatic carbocycles. The number of pyridine rings is 1. The molecule has 0 saturated heterocycles. The van der Waals surface area contributed by atoms with Crippen LogP contribution in [0.15, 0.2) is 54.9 Å². The van der Waals surface area contributed by atoms with Crippen LogP contribution in [-0.2, 0) is 6.54 Å². The van der Waals surface area contributed by atoms with Crippen LogP contribution < -0.4 is 16.0 Å². The van der Waals surface area contributed by atoms with Crippen molar-refractivity contribution in [3.05, 3.63) is 66.0 Å². The minimum atomic E-state index is -0.0340. The third kappa shape index (κ3) is 4.78. The summed E-state index contributed by atoms with van der Waals surface area (Å²) in [4.78, 5) is 9.42. The van der Waals surface area contributed by atoms with Crippen LogP contribution in [0.5, 0.6) is 0 Å². The lowest BCUT2D eigenvalue weighted by Crippen LogP contribution is -2.23. The molecular weight excluding hydrogens is 400 g/mol. The van der Waals surface area contributed by atoms with Crippen LogP contribution in [0.4, 0.5) is 11.5 Å². The number of benzene rings is 1. The van der Waals surface area contributed by atoms with Crippen LogP contribution in [0.2, 0.25) is 0 Å². The summed E-state index contributed by atoms with van der Waals surface area (Å²) in [5.74, 6) is 0.738. The second-order valence-electron chi connectivity index (χ2n) is 8.34. The predicted molar refractivity (Wildman–Crippen MR) is 132 cm³/mol. The number of hydrogen-bond donors (Lipinski definition) is 4. The molecule has 0 amide bonds. The second-order valence-corrected chi connectivity index (χ2v) is 8.34. The van der Waals surface area contributed by atoms with Crippen LogP contribution >= 0.6 is 0 Å². The smallest absolute Gasteiger partial charge is 0.164 e. The van der Waals surface area contributed by atoms with E-state index in [-0.39, 0.29) is 18.7 Å². The monoisotopic (exact) mass is 432 g/mol. The molecule has 0 radical (unpaired) electrons. The first-order valence-corrected chi connectivity index (χ1v) is 11.3. The SMILES string of the molecule is CC[C@H](CO)Nc1cc(NCc2ccc(C3=CC=CCN3)cc2)c2ncn(C(C)C)c2n1. The standard InChI is InChI=1S/C25H32N6O/c1-4-20(15-32)29-23-13-22(24-25(30-23)31(16-28-24)17(2)3)27-14-18-8-10-19(11-9-18)21-7-5-6-12-26-21/h5-11,13,16-17,20,26,32H,4,12,14-15H2,1-3H3,(H2,27,29,30)/t20-/m1/s1. The Morgan fingerprint density at radius 1 is 1.22 bits per heavy atom. The lowest BCUT2D eigenvalue weighted by molar-refractivity contribution is 0.271. The lowest BCUT2D eigenvalue weighted by atomic mass is 10.1. The maximum atomic E-state index is 9.61. The highest BCUT2D eigenvalue weighted by Gasteiger charge is 2.15. The Balaban J connectivity index is 1.57. The lowest BCUT2D eigenvalue weighted by Gasteiger charge is -2.17. The van der Waals surface area contributed by atoms with Gasteiger partial charge in [-0.2, -0.15) is 0 Å². The molecule has 0 fully saturated rings. The Morgan fingerprint density at radius 3 is 2.69 bits per heavy atom. The molecule has 0 unspecified atom stereocenters. The van der Waals surface area contributed by atoms with Crippen LogP contribution in [0.3, 0.4) is 0 Å². The maximum absolute atomic E-state index is 9.61. The van der Waals surface area contributed by atoms with E-state index in [9.17, 15) is 5.11 Å². The number of fused-ring (bicyclic) bond motifs is 1. The Morgan fingerprint density at radius 2 is 2.03 bits per heavy atom. The van der Waals surface area contributed by atoms with Crippen molar-refractivity contribution in [1.82, 2.24) is 19.9 Å². The first-order valence-electron chi connectivity index (χ1n) is 11.3. The first-order chi connectivity index (χ1) is 15.6. The van der Waals surface area contributed by atoms with Gasteiger partial charge in [0.2, 0.25) is 0 Å². The number of aliphatic hydroxyl groups excluding tert-OH is 1. The maximum Gasteiger partial charge on any atom is 0.164 e. The zero-order valence-corrected chi connectivity index (χ0v) is 19.0. The van der Waals surface area contributed by atoms with Gasteiger partial charge in [0.15, 0.2) is 5.65 Å². The average Bonchev–Trinajstić information content (AvgIpc) is 3.26. The molecular formula is C25H32N6O. The summed E-state index contributed by atoms with van der Waals surface area (Å²) in [6.45, 7) is 7.89. The van der Waals surface area contributed by atoms with Gasteiger partial charge in [-0.15, -0.1) is 0 Å². The summed E-state index contributed by atoms with van der Waals surface area (Å²) < 4.78 is 2.07. The van der Waals surface area contributed by atoms with E-state index in [4.69, 9.17) is 4.98 Å². The van der Waals surface area contributed by atoms with Crippen molar-refractivity contribution < 1.29 is 5.11 Å². The Labute approximate surface area is 189 Å². The van der Waals surface area contributed by atoms with Crippen LogP contribution in [0.1, 0.15) is 44.4 Å². The molecule has 0 saturated carbocycles. The number of nitrogens with one attached hydrogen (secondary N) is 3. The van der Waals surface area contributed by atoms with E-state index in [0.29, 0.717) is 6.54 Å². The molecule has 1 atom stereocenters. The number of aliphatic hydroxyl groups is 1. The number of anilines is 2. The summed E-state index contributed by atoms with van der Waals surface area (Å²) in [6, 6.07) is 10.8. The van der Waals surface area contributed by atoms with Gasteiger partial charge in [0.25, 0.3) is 0 Å². The summed E-state index contributed by atoms with van der Waals surface area (Å²) in [7, 11) is 0. The van der Waals surface area contributed by atoms with Gasteiger partial charge in [0.05, 0.1) is 24.7 Å². The van der Waals surface area contributed by atoms with Crippen molar-refractivity contribution in [2.45, 2.75) is 45.8 Å². The van der Waals surface area contributed by atoms with Gasteiger partial charge in [-0.05, 0) is 37.5 Å². The zero-order chi connectivity index (χ0) is 22.5. The molecule has 32 heavy (non-hydrogen) atoms. The van der Waals surface area contributed by atoms with Crippen molar-refractivity contribution in [2.75, 3.05) is 23.8 Å². The summed E-state index contributed by atoms with van der Waals surface area (Å²) in [6.07, 6.45) is 8.94. The van der Waals surface area contributed by atoms with Gasteiger partial charge < -0.3 is 25.6 Å². The van der Waals surface area contributed by atoms with E-state index >= 15 is 0 Å². The largest absolute Gasteiger partial charge is 0.394 e. The van der Waals surface area contributed by atoms with Crippen LogP contribution in [-0.4, -0.2) is 38.8 Å². The molecule has 0 bridgehead atoms. The van der Waals surface area contributed by atoms with E-state index in [0.717, 1.165) is 41.3 Å². The van der Waals surface area contributed by atoms with Gasteiger partial charge in [-0.25, -0.2) is 9.97 Å². The molecule has 3 aromatic rings. The van der Waals surface area contributed by atoms with Crippen molar-refractivity contribution in [1.29, 1.82) is 0 Å². The van der Waals surface area contributed by atoms with E-state index in [1.54, 1.807) is 0 Å². The number of aromatic nitrogens is 3. The Kier molecular flexibility index (Phi) is 6.75. The van der Waals surface area contributed by atoms with Crippen LogP contribution in [0, 0.1) is 0 Å². The summed E-state index contributed by atoms with van der Waals surface area (Å²) in [5.41, 5.74) is 6.12. The third-order valence-electron chi connectivity index (χ3n) is 5.71. The molecule has 7 nitrogen and oxygen atoms in total.